The molecule has 0 spiro atoms. The molecule has 1 aromatic rings. The van der Waals surface area contributed by atoms with Crippen molar-refractivity contribution < 1.29 is 14.3 Å². The van der Waals surface area contributed by atoms with Gasteiger partial charge in [0.1, 0.15) is 11.9 Å². The lowest BCUT2D eigenvalue weighted by Crippen LogP contribution is -2.28. The Hall–Kier alpha value is -1.51. The summed E-state index contributed by atoms with van der Waals surface area (Å²) in [7, 11) is 0. The van der Waals surface area contributed by atoms with Gasteiger partial charge in [-0.2, -0.15) is 0 Å². The van der Waals surface area contributed by atoms with E-state index in [1.807, 2.05) is 0 Å². The van der Waals surface area contributed by atoms with Crippen LogP contribution in [0.1, 0.15) is 121 Å². The Morgan fingerprint density at radius 3 is 2.35 bits per heavy atom. The van der Waals surface area contributed by atoms with Gasteiger partial charge in [0.25, 0.3) is 0 Å². The van der Waals surface area contributed by atoms with E-state index in [0.717, 1.165) is 50.4 Å². The molecule has 2 saturated carbocycles. The van der Waals surface area contributed by atoms with Gasteiger partial charge in [-0.15, -0.1) is 0 Å². The Morgan fingerprint density at radius 2 is 1.61 bits per heavy atom. The molecular formula is C28H44O3. The number of rotatable bonds is 15. The smallest absolute Gasteiger partial charge is 0.306 e. The predicted octanol–water partition coefficient (Wildman–Crippen LogP) is 7.97. The van der Waals surface area contributed by atoms with Crippen LogP contribution in [0.4, 0.5) is 0 Å². The van der Waals surface area contributed by atoms with Gasteiger partial charge in [0.05, 0.1) is 6.61 Å². The average Bonchev–Trinajstić information content (AvgIpc) is 3.62. The van der Waals surface area contributed by atoms with Crippen LogP contribution in [0.25, 0.3) is 0 Å². The maximum atomic E-state index is 12.5. The highest BCUT2D eigenvalue weighted by molar-refractivity contribution is 5.69. The average molecular weight is 429 g/mol. The molecule has 0 radical (unpaired) electrons. The topological polar surface area (TPSA) is 35.5 Å². The molecule has 0 saturated heterocycles. The molecule has 0 heterocycles. The summed E-state index contributed by atoms with van der Waals surface area (Å²) in [6, 6.07) is 8.51. The van der Waals surface area contributed by atoms with E-state index in [1.165, 1.54) is 69.8 Å². The van der Waals surface area contributed by atoms with E-state index >= 15 is 0 Å². The molecule has 174 valence electrons. The highest BCUT2D eigenvalue weighted by Crippen LogP contribution is 2.37. The summed E-state index contributed by atoms with van der Waals surface area (Å²) in [4.78, 5) is 12.5. The van der Waals surface area contributed by atoms with Crippen molar-refractivity contribution in [1.82, 2.24) is 0 Å². The highest BCUT2D eigenvalue weighted by Gasteiger charge is 2.30. The molecular weight excluding hydrogens is 384 g/mol. The van der Waals surface area contributed by atoms with E-state index < -0.39 is 0 Å². The second-order valence-electron chi connectivity index (χ2n) is 9.82. The standard InChI is InChI=1S/C28H44O3/c1-2-3-4-5-6-7-8-9-10-18-28(29)31-27-17-12-11-16-26(27)24-14-13-15-25(21-24)30-22-23-19-20-23/h13-15,21,23,26-27H,2-12,16-20,22H2,1H3/t26-,27+/m1/s1. The van der Waals surface area contributed by atoms with Gasteiger partial charge in [-0.05, 0) is 62.1 Å². The van der Waals surface area contributed by atoms with Crippen molar-refractivity contribution >= 4 is 5.97 Å². The van der Waals surface area contributed by atoms with Crippen molar-refractivity contribution in [1.29, 1.82) is 0 Å². The van der Waals surface area contributed by atoms with E-state index in [2.05, 4.69) is 31.2 Å². The van der Waals surface area contributed by atoms with Gasteiger partial charge in [0, 0.05) is 12.3 Å². The van der Waals surface area contributed by atoms with Crippen LogP contribution < -0.4 is 4.74 Å². The quantitative estimate of drug-likeness (QED) is 0.210. The fourth-order valence-corrected chi connectivity index (χ4v) is 4.76. The third-order valence-corrected chi connectivity index (χ3v) is 6.94. The molecule has 0 aliphatic heterocycles. The summed E-state index contributed by atoms with van der Waals surface area (Å²) in [5.74, 6) is 2.04. The van der Waals surface area contributed by atoms with Gasteiger partial charge >= 0.3 is 5.97 Å². The summed E-state index contributed by atoms with van der Waals surface area (Å²) >= 11 is 0. The molecule has 0 aromatic heterocycles. The van der Waals surface area contributed by atoms with Gasteiger partial charge in [0.15, 0.2) is 0 Å². The Kier molecular flexibility index (Phi) is 10.8. The molecule has 2 aliphatic carbocycles. The van der Waals surface area contributed by atoms with E-state index in [0.29, 0.717) is 12.3 Å². The van der Waals surface area contributed by atoms with Gasteiger partial charge in [-0.3, -0.25) is 4.79 Å². The molecule has 1 aromatic carbocycles. The minimum atomic E-state index is 0.000911. The molecule has 3 nitrogen and oxygen atoms in total. The van der Waals surface area contributed by atoms with Crippen LogP contribution in [0.3, 0.4) is 0 Å². The Labute approximate surface area is 190 Å². The van der Waals surface area contributed by atoms with E-state index in [-0.39, 0.29) is 12.1 Å². The molecule has 2 fully saturated rings. The second kappa shape index (κ2) is 13.8. The van der Waals surface area contributed by atoms with Crippen molar-refractivity contribution in [2.24, 2.45) is 5.92 Å². The number of ether oxygens (including phenoxy) is 2. The molecule has 2 aliphatic rings. The van der Waals surface area contributed by atoms with E-state index in [1.54, 1.807) is 0 Å². The monoisotopic (exact) mass is 428 g/mol. The van der Waals surface area contributed by atoms with Crippen LogP contribution in [0.5, 0.6) is 5.75 Å². The van der Waals surface area contributed by atoms with Crippen LogP contribution >= 0.6 is 0 Å². The summed E-state index contributed by atoms with van der Waals surface area (Å²) in [5.41, 5.74) is 1.27. The number of benzene rings is 1. The number of carbonyl (C=O) groups is 1. The first-order valence-electron chi connectivity index (χ1n) is 13.2. The van der Waals surface area contributed by atoms with Crippen molar-refractivity contribution in [3.63, 3.8) is 0 Å². The van der Waals surface area contributed by atoms with Crippen LogP contribution in [0, 0.1) is 5.92 Å². The second-order valence-corrected chi connectivity index (χ2v) is 9.82. The number of hydrogen-bond acceptors (Lipinski definition) is 3. The fourth-order valence-electron chi connectivity index (χ4n) is 4.76. The summed E-state index contributed by atoms with van der Waals surface area (Å²) in [6.07, 6.45) is 19.1. The van der Waals surface area contributed by atoms with Crippen molar-refractivity contribution in [3.05, 3.63) is 29.8 Å². The molecule has 3 heteroatoms. The number of unbranched alkanes of at least 4 members (excludes halogenated alkanes) is 8. The molecule has 0 unspecified atom stereocenters. The first kappa shape index (κ1) is 24.1. The van der Waals surface area contributed by atoms with Gasteiger partial charge in [-0.1, -0.05) is 76.8 Å². The van der Waals surface area contributed by atoms with Crippen LogP contribution in [0.15, 0.2) is 24.3 Å². The molecule has 0 bridgehead atoms. The predicted molar refractivity (Wildman–Crippen MR) is 128 cm³/mol. The third-order valence-electron chi connectivity index (χ3n) is 6.94. The zero-order valence-electron chi connectivity index (χ0n) is 19.8. The van der Waals surface area contributed by atoms with Crippen LogP contribution in [-0.4, -0.2) is 18.7 Å². The lowest BCUT2D eigenvalue weighted by atomic mass is 9.81. The van der Waals surface area contributed by atoms with Crippen molar-refractivity contribution in [2.45, 2.75) is 122 Å². The number of esters is 1. The first-order chi connectivity index (χ1) is 15.3. The normalized spacial score (nSPS) is 21.1. The Bertz CT molecular complexity index is 637. The molecule has 31 heavy (non-hydrogen) atoms. The van der Waals surface area contributed by atoms with Crippen LogP contribution in [0.2, 0.25) is 0 Å². The zero-order valence-corrected chi connectivity index (χ0v) is 19.8. The van der Waals surface area contributed by atoms with Gasteiger partial charge < -0.3 is 9.47 Å². The third kappa shape index (κ3) is 9.25. The summed E-state index contributed by atoms with van der Waals surface area (Å²) in [6.45, 7) is 3.10. The van der Waals surface area contributed by atoms with E-state index in [4.69, 9.17) is 9.47 Å². The van der Waals surface area contributed by atoms with E-state index in [9.17, 15) is 4.79 Å². The highest BCUT2D eigenvalue weighted by atomic mass is 16.5. The molecule has 2 atom stereocenters. The molecule has 3 rings (SSSR count). The Morgan fingerprint density at radius 1 is 0.903 bits per heavy atom. The zero-order chi connectivity index (χ0) is 21.7. The summed E-state index contributed by atoms with van der Waals surface area (Å²) in [5, 5.41) is 0. The lowest BCUT2D eigenvalue weighted by molar-refractivity contribution is -0.151. The van der Waals surface area contributed by atoms with Gasteiger partial charge in [0.2, 0.25) is 0 Å². The molecule has 0 amide bonds. The van der Waals surface area contributed by atoms with Crippen molar-refractivity contribution in [3.8, 4) is 5.75 Å². The first-order valence-corrected chi connectivity index (χ1v) is 13.2. The number of hydrogen-bond donors (Lipinski definition) is 0. The molecule has 0 N–H and O–H groups in total. The minimum absolute atomic E-state index is 0.000911. The fraction of sp³-hybridized carbons (Fsp3) is 0.750. The van der Waals surface area contributed by atoms with Gasteiger partial charge in [-0.25, -0.2) is 0 Å². The van der Waals surface area contributed by atoms with Crippen LogP contribution in [-0.2, 0) is 9.53 Å². The number of carbonyl (C=O) groups excluding carboxylic acids is 1. The summed E-state index contributed by atoms with van der Waals surface area (Å²) < 4.78 is 12.0. The minimum Gasteiger partial charge on any atom is -0.493 e. The largest absolute Gasteiger partial charge is 0.493 e. The SMILES string of the molecule is CCCCCCCCCCCC(=O)O[C@H]1CCCC[C@@H]1c1cccc(OCC2CC2)c1. The maximum Gasteiger partial charge on any atom is 0.306 e. The maximum absolute atomic E-state index is 12.5. The lowest BCUT2D eigenvalue weighted by Gasteiger charge is -2.31. The Balaban J connectivity index is 1.37. The van der Waals surface area contributed by atoms with Crippen molar-refractivity contribution in [2.75, 3.05) is 6.61 Å².